The van der Waals surface area contributed by atoms with E-state index in [-0.39, 0.29) is 29.2 Å². The zero-order valence-electron chi connectivity index (χ0n) is 14.2. The number of anilines is 1. The van der Waals surface area contributed by atoms with Crippen LogP contribution in [-0.2, 0) is 9.59 Å². The second-order valence-corrected chi connectivity index (χ2v) is 7.00. The van der Waals surface area contributed by atoms with E-state index in [2.05, 4.69) is 12.1 Å². The van der Waals surface area contributed by atoms with Crippen LogP contribution in [0.3, 0.4) is 0 Å². The van der Waals surface area contributed by atoms with Gasteiger partial charge in [0.25, 0.3) is 0 Å². The number of carbonyl (C=O) groups is 3. The van der Waals surface area contributed by atoms with E-state index in [1.165, 1.54) is 34.7 Å². The highest BCUT2D eigenvalue weighted by Gasteiger charge is 2.50. The molecule has 0 aromatic heterocycles. The molecule has 2 amide bonds. The highest BCUT2D eigenvalue weighted by molar-refractivity contribution is 6.22. The number of hydrogen-bond acceptors (Lipinski definition) is 3. The van der Waals surface area contributed by atoms with Crippen molar-refractivity contribution in [1.82, 2.24) is 0 Å². The van der Waals surface area contributed by atoms with Crippen LogP contribution in [0, 0.1) is 11.8 Å². The van der Waals surface area contributed by atoms with Gasteiger partial charge in [0.15, 0.2) is 0 Å². The second kappa shape index (κ2) is 6.41. The average Bonchev–Trinajstić information content (AvgIpc) is 2.93. The van der Waals surface area contributed by atoms with Gasteiger partial charge in [0.1, 0.15) is 0 Å². The predicted octanol–water partition coefficient (Wildman–Crippen LogP) is 3.46. The van der Waals surface area contributed by atoms with Crippen molar-refractivity contribution < 1.29 is 19.5 Å². The summed E-state index contributed by atoms with van der Waals surface area (Å²) in [5.74, 6) is -1.61. The maximum absolute atomic E-state index is 12.9. The monoisotopic (exact) mass is 349 g/mol. The van der Waals surface area contributed by atoms with E-state index in [0.717, 1.165) is 6.42 Å². The Morgan fingerprint density at radius 3 is 2.19 bits per heavy atom. The summed E-state index contributed by atoms with van der Waals surface area (Å²) < 4.78 is 0. The third-order valence-corrected chi connectivity index (χ3v) is 5.57. The zero-order valence-corrected chi connectivity index (χ0v) is 14.2. The second-order valence-electron chi connectivity index (χ2n) is 7.00. The molecule has 1 N–H and O–H groups in total. The molecule has 26 heavy (non-hydrogen) atoms. The third-order valence-electron chi connectivity index (χ3n) is 5.57. The lowest BCUT2D eigenvalue weighted by Crippen LogP contribution is -2.30. The summed E-state index contributed by atoms with van der Waals surface area (Å²) in [7, 11) is 0. The fourth-order valence-electron chi connectivity index (χ4n) is 4.21. The van der Waals surface area contributed by atoms with Crippen LogP contribution in [0.1, 0.15) is 41.1 Å². The summed E-state index contributed by atoms with van der Waals surface area (Å²) in [4.78, 5) is 38.0. The minimum absolute atomic E-state index is 0.134. The van der Waals surface area contributed by atoms with Crippen LogP contribution in [0.2, 0.25) is 0 Å². The van der Waals surface area contributed by atoms with Crippen LogP contribution in [0.15, 0.2) is 54.6 Å². The fraction of sp³-hybridized carbons (Fsp3) is 0.286. The first kappa shape index (κ1) is 16.5. The standard InChI is InChI=1S/C21H19NO4/c23-19-17-11-8-15(13-4-2-1-3-5-13)12-18(17)20(24)22(19)16-9-6-14(7-10-16)21(25)26/h1-7,9-10,15,17-18H,8,11-12H2,(H,25,26)/t15-,17-,18-/m1/s1. The lowest BCUT2D eigenvalue weighted by Gasteiger charge is -2.28. The number of hydrogen-bond donors (Lipinski definition) is 1. The Bertz CT molecular complexity index is 859. The molecule has 1 aliphatic heterocycles. The number of benzene rings is 2. The Balaban J connectivity index is 1.58. The van der Waals surface area contributed by atoms with Crippen LogP contribution >= 0.6 is 0 Å². The summed E-state index contributed by atoms with van der Waals surface area (Å²) in [6.45, 7) is 0. The number of aromatic carboxylic acids is 1. The van der Waals surface area contributed by atoms with E-state index < -0.39 is 5.97 Å². The number of carbonyl (C=O) groups excluding carboxylic acids is 2. The van der Waals surface area contributed by atoms with Crippen molar-refractivity contribution in [3.8, 4) is 0 Å². The van der Waals surface area contributed by atoms with Gasteiger partial charge in [-0.3, -0.25) is 14.5 Å². The Kier molecular flexibility index (Phi) is 4.07. The van der Waals surface area contributed by atoms with Crippen molar-refractivity contribution in [2.24, 2.45) is 11.8 Å². The summed E-state index contributed by atoms with van der Waals surface area (Å²) in [6, 6.07) is 16.0. The van der Waals surface area contributed by atoms with Gasteiger partial charge in [-0.05, 0) is 55.0 Å². The SMILES string of the molecule is O=C(O)c1ccc(N2C(=O)[C@@H]3CC[C@@H](c4ccccc4)C[C@H]3C2=O)cc1. The number of rotatable bonds is 3. The molecule has 1 saturated heterocycles. The van der Waals surface area contributed by atoms with Crippen molar-refractivity contribution in [2.45, 2.75) is 25.2 Å². The Labute approximate surface area is 151 Å². The van der Waals surface area contributed by atoms with E-state index in [9.17, 15) is 14.4 Å². The molecule has 2 aromatic carbocycles. The summed E-state index contributed by atoms with van der Waals surface area (Å²) in [5.41, 5.74) is 1.81. The number of fused-ring (bicyclic) bond motifs is 1. The van der Waals surface area contributed by atoms with Gasteiger partial charge in [0.05, 0.1) is 23.1 Å². The molecule has 0 spiro atoms. The highest BCUT2D eigenvalue weighted by Crippen LogP contribution is 2.45. The van der Waals surface area contributed by atoms with Gasteiger partial charge in [0, 0.05) is 0 Å². The van der Waals surface area contributed by atoms with Crippen molar-refractivity contribution in [2.75, 3.05) is 4.90 Å². The van der Waals surface area contributed by atoms with Gasteiger partial charge >= 0.3 is 5.97 Å². The predicted molar refractivity (Wildman–Crippen MR) is 95.9 cm³/mol. The number of imide groups is 1. The summed E-state index contributed by atoms with van der Waals surface area (Å²) >= 11 is 0. The van der Waals surface area contributed by atoms with Crippen LogP contribution in [0.4, 0.5) is 5.69 Å². The lowest BCUT2D eigenvalue weighted by molar-refractivity contribution is -0.122. The maximum Gasteiger partial charge on any atom is 0.335 e. The van der Waals surface area contributed by atoms with Crippen molar-refractivity contribution in [1.29, 1.82) is 0 Å². The molecule has 0 unspecified atom stereocenters. The van der Waals surface area contributed by atoms with Crippen LogP contribution in [0.25, 0.3) is 0 Å². The first-order valence-corrected chi connectivity index (χ1v) is 8.82. The molecule has 4 rings (SSSR count). The van der Waals surface area contributed by atoms with Crippen molar-refractivity contribution in [3.63, 3.8) is 0 Å². The van der Waals surface area contributed by atoms with Gasteiger partial charge in [-0.2, -0.15) is 0 Å². The molecule has 132 valence electrons. The molecular formula is C21H19NO4. The Morgan fingerprint density at radius 1 is 0.885 bits per heavy atom. The molecule has 2 aliphatic rings. The van der Waals surface area contributed by atoms with E-state index in [1.807, 2.05) is 18.2 Å². The molecule has 0 bridgehead atoms. The van der Waals surface area contributed by atoms with E-state index >= 15 is 0 Å². The minimum Gasteiger partial charge on any atom is -0.478 e. The Hall–Kier alpha value is -2.95. The highest BCUT2D eigenvalue weighted by atomic mass is 16.4. The quantitative estimate of drug-likeness (QED) is 0.861. The molecule has 1 heterocycles. The molecular weight excluding hydrogens is 330 g/mol. The first-order chi connectivity index (χ1) is 12.6. The van der Waals surface area contributed by atoms with Gasteiger partial charge in [0.2, 0.25) is 11.8 Å². The number of nitrogens with zero attached hydrogens (tertiary/aromatic N) is 1. The molecule has 1 aliphatic carbocycles. The van der Waals surface area contributed by atoms with Crippen LogP contribution in [-0.4, -0.2) is 22.9 Å². The molecule has 5 heteroatoms. The molecule has 3 atom stereocenters. The molecule has 2 fully saturated rings. The van der Waals surface area contributed by atoms with Crippen LogP contribution < -0.4 is 4.90 Å². The lowest BCUT2D eigenvalue weighted by atomic mass is 9.73. The Morgan fingerprint density at radius 2 is 1.54 bits per heavy atom. The van der Waals surface area contributed by atoms with Crippen LogP contribution in [0.5, 0.6) is 0 Å². The maximum atomic E-state index is 12.9. The largest absolute Gasteiger partial charge is 0.478 e. The van der Waals surface area contributed by atoms with E-state index in [4.69, 9.17) is 5.11 Å². The molecule has 2 aromatic rings. The number of carboxylic acids is 1. The van der Waals surface area contributed by atoms with E-state index in [1.54, 1.807) is 0 Å². The van der Waals surface area contributed by atoms with Gasteiger partial charge < -0.3 is 5.11 Å². The summed E-state index contributed by atoms with van der Waals surface area (Å²) in [6.07, 6.45) is 2.29. The fourth-order valence-corrected chi connectivity index (χ4v) is 4.21. The van der Waals surface area contributed by atoms with E-state index in [0.29, 0.717) is 24.4 Å². The topological polar surface area (TPSA) is 74.7 Å². The smallest absolute Gasteiger partial charge is 0.335 e. The van der Waals surface area contributed by atoms with Gasteiger partial charge in [-0.15, -0.1) is 0 Å². The van der Waals surface area contributed by atoms with Crippen molar-refractivity contribution >= 4 is 23.5 Å². The zero-order chi connectivity index (χ0) is 18.3. The average molecular weight is 349 g/mol. The number of amides is 2. The molecule has 1 saturated carbocycles. The first-order valence-electron chi connectivity index (χ1n) is 8.82. The minimum atomic E-state index is -1.03. The molecule has 5 nitrogen and oxygen atoms in total. The third kappa shape index (κ3) is 2.69. The number of carboxylic acid groups (broad SMARTS) is 1. The van der Waals surface area contributed by atoms with Gasteiger partial charge in [-0.1, -0.05) is 30.3 Å². The summed E-state index contributed by atoms with van der Waals surface area (Å²) in [5, 5.41) is 9.00. The molecule has 0 radical (unpaired) electrons. The van der Waals surface area contributed by atoms with Crippen molar-refractivity contribution in [3.05, 3.63) is 65.7 Å². The van der Waals surface area contributed by atoms with Gasteiger partial charge in [-0.25, -0.2) is 4.79 Å². The normalized spacial score (nSPS) is 25.2.